The zero-order chi connectivity index (χ0) is 11.4. The van der Waals surface area contributed by atoms with Crippen molar-refractivity contribution in [1.82, 2.24) is 0 Å². The molecule has 0 saturated heterocycles. The Labute approximate surface area is 87.5 Å². The van der Waals surface area contributed by atoms with Crippen LogP contribution in [0.15, 0.2) is 30.4 Å². The standard InChI is InChI=1S/C11H10N2O2/c1-7(2)11(15)13-9-4-3-8(6-12)5-10(9)14/h3-5,14H,1H2,2H3,(H,13,15). The van der Waals surface area contributed by atoms with E-state index in [1.165, 1.54) is 18.2 Å². The van der Waals surface area contributed by atoms with E-state index in [9.17, 15) is 9.90 Å². The number of nitriles is 1. The molecule has 1 aromatic carbocycles. The second kappa shape index (κ2) is 4.29. The van der Waals surface area contributed by atoms with Crippen LogP contribution in [0.2, 0.25) is 0 Å². The molecule has 0 aromatic heterocycles. The van der Waals surface area contributed by atoms with Crippen LogP contribution in [0.25, 0.3) is 0 Å². The Bertz CT molecular complexity index is 458. The summed E-state index contributed by atoms with van der Waals surface area (Å²) in [6, 6.07) is 6.14. The number of anilines is 1. The van der Waals surface area contributed by atoms with Crippen LogP contribution in [0, 0.1) is 11.3 Å². The first kappa shape index (κ1) is 10.8. The summed E-state index contributed by atoms with van der Waals surface area (Å²) in [5.41, 5.74) is 0.946. The molecule has 0 radical (unpaired) electrons. The number of rotatable bonds is 2. The van der Waals surface area contributed by atoms with Gasteiger partial charge in [-0.3, -0.25) is 4.79 Å². The van der Waals surface area contributed by atoms with Crippen LogP contribution in [-0.2, 0) is 4.79 Å². The predicted octanol–water partition coefficient (Wildman–Crippen LogP) is 1.78. The molecular formula is C11H10N2O2. The van der Waals surface area contributed by atoms with E-state index in [1.807, 2.05) is 6.07 Å². The summed E-state index contributed by atoms with van der Waals surface area (Å²) in [4.78, 5) is 11.2. The molecule has 0 atom stereocenters. The molecule has 0 aliphatic heterocycles. The van der Waals surface area contributed by atoms with Crippen molar-refractivity contribution in [2.24, 2.45) is 0 Å². The zero-order valence-electron chi connectivity index (χ0n) is 8.24. The molecule has 0 heterocycles. The number of aromatic hydroxyl groups is 1. The molecule has 0 unspecified atom stereocenters. The highest BCUT2D eigenvalue weighted by atomic mass is 16.3. The van der Waals surface area contributed by atoms with Gasteiger partial charge in [-0.2, -0.15) is 5.26 Å². The second-order valence-corrected chi connectivity index (χ2v) is 3.08. The van der Waals surface area contributed by atoms with E-state index in [1.54, 1.807) is 6.92 Å². The van der Waals surface area contributed by atoms with Crippen LogP contribution in [-0.4, -0.2) is 11.0 Å². The van der Waals surface area contributed by atoms with Crippen LogP contribution in [0.4, 0.5) is 5.69 Å². The number of phenols is 1. The minimum atomic E-state index is -0.366. The van der Waals surface area contributed by atoms with E-state index >= 15 is 0 Å². The molecule has 0 saturated carbocycles. The Kier molecular flexibility index (Phi) is 3.09. The molecule has 4 heteroatoms. The number of phenolic OH excluding ortho intramolecular Hbond substituents is 1. The summed E-state index contributed by atoms with van der Waals surface area (Å²) in [5, 5.41) is 20.5. The number of nitrogens with zero attached hydrogens (tertiary/aromatic N) is 1. The number of nitrogens with one attached hydrogen (secondary N) is 1. The van der Waals surface area contributed by atoms with E-state index in [0.717, 1.165) is 0 Å². The van der Waals surface area contributed by atoms with Crippen LogP contribution < -0.4 is 5.32 Å². The van der Waals surface area contributed by atoms with Crippen molar-refractivity contribution in [3.05, 3.63) is 35.9 Å². The topological polar surface area (TPSA) is 73.1 Å². The molecular weight excluding hydrogens is 192 g/mol. The van der Waals surface area contributed by atoms with Crippen LogP contribution >= 0.6 is 0 Å². The molecule has 0 spiro atoms. The van der Waals surface area contributed by atoms with Gasteiger partial charge in [0.25, 0.3) is 5.91 Å². The fraction of sp³-hybridized carbons (Fsp3) is 0.0909. The Morgan fingerprint density at radius 3 is 2.73 bits per heavy atom. The average molecular weight is 202 g/mol. The van der Waals surface area contributed by atoms with Gasteiger partial charge in [0.15, 0.2) is 0 Å². The maximum absolute atomic E-state index is 11.2. The number of carbonyl (C=O) groups is 1. The third-order valence-electron chi connectivity index (χ3n) is 1.76. The van der Waals surface area contributed by atoms with Crippen molar-refractivity contribution in [2.45, 2.75) is 6.92 Å². The van der Waals surface area contributed by atoms with E-state index in [-0.39, 0.29) is 17.3 Å². The summed E-state index contributed by atoms with van der Waals surface area (Å²) in [7, 11) is 0. The van der Waals surface area contributed by atoms with Crippen molar-refractivity contribution in [3.63, 3.8) is 0 Å². The summed E-state index contributed by atoms with van der Waals surface area (Å²) in [5.74, 6) is -0.501. The molecule has 1 amide bonds. The van der Waals surface area contributed by atoms with Gasteiger partial charge in [0.1, 0.15) is 5.75 Å². The van der Waals surface area contributed by atoms with Crippen molar-refractivity contribution in [3.8, 4) is 11.8 Å². The summed E-state index contributed by atoms with van der Waals surface area (Å²) < 4.78 is 0. The Morgan fingerprint density at radius 2 is 2.27 bits per heavy atom. The number of amides is 1. The minimum absolute atomic E-state index is 0.136. The molecule has 4 nitrogen and oxygen atoms in total. The molecule has 0 bridgehead atoms. The number of carbonyl (C=O) groups excluding carboxylic acids is 1. The molecule has 76 valence electrons. The van der Waals surface area contributed by atoms with Crippen molar-refractivity contribution in [1.29, 1.82) is 5.26 Å². The largest absolute Gasteiger partial charge is 0.506 e. The first-order chi connectivity index (χ1) is 7.04. The highest BCUT2D eigenvalue weighted by Crippen LogP contribution is 2.24. The lowest BCUT2D eigenvalue weighted by Gasteiger charge is -2.06. The van der Waals surface area contributed by atoms with E-state index in [4.69, 9.17) is 5.26 Å². The predicted molar refractivity (Wildman–Crippen MR) is 56.3 cm³/mol. The number of hydrogen-bond acceptors (Lipinski definition) is 3. The first-order valence-corrected chi connectivity index (χ1v) is 4.24. The third-order valence-corrected chi connectivity index (χ3v) is 1.76. The first-order valence-electron chi connectivity index (χ1n) is 4.24. The van der Waals surface area contributed by atoms with Gasteiger partial charge in [-0.05, 0) is 25.1 Å². The summed E-state index contributed by atoms with van der Waals surface area (Å²) in [6.07, 6.45) is 0. The van der Waals surface area contributed by atoms with Gasteiger partial charge in [0.2, 0.25) is 0 Å². The quantitative estimate of drug-likeness (QED) is 0.567. The lowest BCUT2D eigenvalue weighted by atomic mass is 10.2. The fourth-order valence-corrected chi connectivity index (χ4v) is 0.936. The Balaban J connectivity index is 2.93. The maximum Gasteiger partial charge on any atom is 0.250 e. The van der Waals surface area contributed by atoms with Crippen LogP contribution in [0.3, 0.4) is 0 Å². The smallest absolute Gasteiger partial charge is 0.250 e. The van der Waals surface area contributed by atoms with Gasteiger partial charge < -0.3 is 10.4 Å². The SMILES string of the molecule is C=C(C)C(=O)Nc1ccc(C#N)cc1O. The van der Waals surface area contributed by atoms with Crippen LogP contribution in [0.1, 0.15) is 12.5 Å². The molecule has 0 aliphatic carbocycles. The van der Waals surface area contributed by atoms with Gasteiger partial charge in [-0.25, -0.2) is 0 Å². The zero-order valence-corrected chi connectivity index (χ0v) is 8.24. The molecule has 15 heavy (non-hydrogen) atoms. The Hall–Kier alpha value is -2.28. The monoisotopic (exact) mass is 202 g/mol. The van der Waals surface area contributed by atoms with Crippen molar-refractivity contribution < 1.29 is 9.90 Å². The van der Waals surface area contributed by atoms with E-state index < -0.39 is 0 Å². The lowest BCUT2D eigenvalue weighted by Crippen LogP contribution is -2.11. The summed E-state index contributed by atoms with van der Waals surface area (Å²) in [6.45, 7) is 5.03. The van der Waals surface area contributed by atoms with Crippen molar-refractivity contribution in [2.75, 3.05) is 5.32 Å². The minimum Gasteiger partial charge on any atom is -0.506 e. The van der Waals surface area contributed by atoms with E-state index in [2.05, 4.69) is 11.9 Å². The van der Waals surface area contributed by atoms with Gasteiger partial charge in [0.05, 0.1) is 17.3 Å². The Morgan fingerprint density at radius 1 is 1.60 bits per heavy atom. The molecule has 2 N–H and O–H groups in total. The number of hydrogen-bond donors (Lipinski definition) is 2. The normalized spacial score (nSPS) is 9.07. The highest BCUT2D eigenvalue weighted by molar-refractivity contribution is 6.03. The van der Waals surface area contributed by atoms with Gasteiger partial charge >= 0.3 is 0 Å². The third kappa shape index (κ3) is 2.58. The molecule has 1 aromatic rings. The van der Waals surface area contributed by atoms with Crippen molar-refractivity contribution >= 4 is 11.6 Å². The molecule has 0 fully saturated rings. The maximum atomic E-state index is 11.2. The van der Waals surface area contributed by atoms with E-state index in [0.29, 0.717) is 11.1 Å². The van der Waals surface area contributed by atoms with Gasteiger partial charge in [0, 0.05) is 5.57 Å². The highest BCUT2D eigenvalue weighted by Gasteiger charge is 2.07. The van der Waals surface area contributed by atoms with Gasteiger partial charge in [-0.1, -0.05) is 6.58 Å². The average Bonchev–Trinajstić information content (AvgIpc) is 2.20. The molecule has 1 rings (SSSR count). The van der Waals surface area contributed by atoms with Crippen LogP contribution in [0.5, 0.6) is 5.75 Å². The summed E-state index contributed by atoms with van der Waals surface area (Å²) >= 11 is 0. The fourth-order valence-electron chi connectivity index (χ4n) is 0.936. The lowest BCUT2D eigenvalue weighted by molar-refractivity contribution is -0.112. The second-order valence-electron chi connectivity index (χ2n) is 3.08. The van der Waals surface area contributed by atoms with Gasteiger partial charge in [-0.15, -0.1) is 0 Å². The molecule has 0 aliphatic rings. The number of benzene rings is 1.